The summed E-state index contributed by atoms with van der Waals surface area (Å²) in [5, 5.41) is 3.44. The standard InChI is InChI=1S/C14H20N2O4S/c1-19-13-2-4-14(5-3-13)21(17,18)16-8-12(9-16)15-11-6-7-20-10-11/h2-5,11-12,15H,6-10H2,1H3. The van der Waals surface area contributed by atoms with Gasteiger partial charge < -0.3 is 14.8 Å². The predicted molar refractivity (Wildman–Crippen MR) is 77.9 cm³/mol. The number of rotatable bonds is 5. The van der Waals surface area contributed by atoms with Gasteiger partial charge in [0.15, 0.2) is 0 Å². The number of methoxy groups -OCH3 is 1. The highest BCUT2D eigenvalue weighted by Gasteiger charge is 2.37. The predicted octanol–water partition coefficient (Wildman–Crippen LogP) is 0.447. The van der Waals surface area contributed by atoms with Gasteiger partial charge in [-0.1, -0.05) is 0 Å². The minimum atomic E-state index is -3.39. The highest BCUT2D eigenvalue weighted by atomic mass is 32.2. The van der Waals surface area contributed by atoms with E-state index in [1.807, 2.05) is 0 Å². The van der Waals surface area contributed by atoms with E-state index < -0.39 is 10.0 Å². The van der Waals surface area contributed by atoms with Gasteiger partial charge in [-0.25, -0.2) is 8.42 Å². The Morgan fingerprint density at radius 2 is 1.95 bits per heavy atom. The van der Waals surface area contributed by atoms with Crippen molar-refractivity contribution in [2.75, 3.05) is 33.4 Å². The molecular weight excluding hydrogens is 292 g/mol. The second kappa shape index (κ2) is 5.92. The lowest BCUT2D eigenvalue weighted by Gasteiger charge is -2.39. The molecule has 2 heterocycles. The van der Waals surface area contributed by atoms with Gasteiger partial charge >= 0.3 is 0 Å². The lowest BCUT2D eigenvalue weighted by atomic mass is 10.1. The Kier molecular flexibility index (Phi) is 4.17. The second-order valence-electron chi connectivity index (χ2n) is 5.42. The highest BCUT2D eigenvalue weighted by molar-refractivity contribution is 7.89. The zero-order valence-electron chi connectivity index (χ0n) is 12.0. The van der Waals surface area contributed by atoms with Crippen LogP contribution >= 0.6 is 0 Å². The normalized spacial score (nSPS) is 24.0. The fourth-order valence-electron chi connectivity index (χ4n) is 2.64. The number of sulfonamides is 1. The number of nitrogens with zero attached hydrogens (tertiary/aromatic N) is 1. The number of hydrogen-bond acceptors (Lipinski definition) is 5. The summed E-state index contributed by atoms with van der Waals surface area (Å²) in [6.45, 7) is 2.55. The van der Waals surface area contributed by atoms with Crippen LogP contribution in [0, 0.1) is 0 Å². The van der Waals surface area contributed by atoms with E-state index in [9.17, 15) is 8.42 Å². The van der Waals surface area contributed by atoms with E-state index >= 15 is 0 Å². The maximum absolute atomic E-state index is 12.4. The van der Waals surface area contributed by atoms with Crippen LogP contribution in [-0.2, 0) is 14.8 Å². The summed E-state index contributed by atoms with van der Waals surface area (Å²) in [5.41, 5.74) is 0. The van der Waals surface area contributed by atoms with Crippen molar-refractivity contribution in [3.63, 3.8) is 0 Å². The van der Waals surface area contributed by atoms with Crippen LogP contribution in [0.15, 0.2) is 29.2 Å². The monoisotopic (exact) mass is 312 g/mol. The SMILES string of the molecule is COc1ccc(S(=O)(=O)N2CC(NC3CCOC3)C2)cc1. The summed E-state index contributed by atoms with van der Waals surface area (Å²) in [6, 6.07) is 7.08. The van der Waals surface area contributed by atoms with Crippen molar-refractivity contribution < 1.29 is 17.9 Å². The molecule has 2 aliphatic rings. The molecule has 0 bridgehead atoms. The van der Waals surface area contributed by atoms with Crippen molar-refractivity contribution in [2.24, 2.45) is 0 Å². The molecule has 0 aromatic heterocycles. The van der Waals surface area contributed by atoms with Crippen LogP contribution in [0.4, 0.5) is 0 Å². The summed E-state index contributed by atoms with van der Waals surface area (Å²) in [6.07, 6.45) is 1.00. The average molecular weight is 312 g/mol. The van der Waals surface area contributed by atoms with Gasteiger partial charge in [-0.05, 0) is 30.7 Å². The van der Waals surface area contributed by atoms with Crippen LogP contribution in [0.25, 0.3) is 0 Å². The molecule has 0 amide bonds. The van der Waals surface area contributed by atoms with Crippen LogP contribution < -0.4 is 10.1 Å². The Balaban J connectivity index is 1.58. The second-order valence-corrected chi connectivity index (χ2v) is 7.36. The maximum atomic E-state index is 12.4. The van der Waals surface area contributed by atoms with Crippen LogP contribution in [0.5, 0.6) is 5.75 Å². The first-order valence-electron chi connectivity index (χ1n) is 7.07. The third-order valence-corrected chi connectivity index (χ3v) is 5.79. The number of benzene rings is 1. The molecule has 6 nitrogen and oxygen atoms in total. The third kappa shape index (κ3) is 3.06. The molecule has 1 unspecified atom stereocenters. The molecule has 1 aromatic rings. The Bertz CT molecular complexity index is 575. The van der Waals surface area contributed by atoms with Crippen LogP contribution in [0.3, 0.4) is 0 Å². The molecule has 7 heteroatoms. The van der Waals surface area contributed by atoms with Crippen molar-refractivity contribution in [3.8, 4) is 5.75 Å². The Labute approximate surface area is 125 Å². The van der Waals surface area contributed by atoms with Gasteiger partial charge in [0.2, 0.25) is 10.0 Å². The molecule has 1 N–H and O–H groups in total. The van der Waals surface area contributed by atoms with E-state index in [0.29, 0.717) is 29.8 Å². The Hall–Kier alpha value is -1.15. The molecule has 0 aliphatic carbocycles. The summed E-state index contributed by atoms with van der Waals surface area (Å²) < 4.78 is 36.7. The fraction of sp³-hybridized carbons (Fsp3) is 0.571. The number of ether oxygens (including phenoxy) is 2. The molecule has 1 aromatic carbocycles. The quantitative estimate of drug-likeness (QED) is 0.855. The molecule has 1 atom stereocenters. The first-order valence-corrected chi connectivity index (χ1v) is 8.51. The van der Waals surface area contributed by atoms with Crippen molar-refractivity contribution in [1.82, 2.24) is 9.62 Å². The van der Waals surface area contributed by atoms with Crippen LogP contribution in [0.1, 0.15) is 6.42 Å². The Morgan fingerprint density at radius 3 is 2.52 bits per heavy atom. The molecule has 3 rings (SSSR count). The number of nitrogens with one attached hydrogen (secondary N) is 1. The molecule has 116 valence electrons. The topological polar surface area (TPSA) is 67.9 Å². The van der Waals surface area contributed by atoms with Crippen molar-refractivity contribution in [1.29, 1.82) is 0 Å². The molecular formula is C14H20N2O4S. The van der Waals surface area contributed by atoms with Gasteiger partial charge in [0, 0.05) is 31.8 Å². The van der Waals surface area contributed by atoms with E-state index in [0.717, 1.165) is 19.6 Å². The van der Waals surface area contributed by atoms with Crippen molar-refractivity contribution in [3.05, 3.63) is 24.3 Å². The van der Waals surface area contributed by atoms with Gasteiger partial charge in [-0.3, -0.25) is 0 Å². The van der Waals surface area contributed by atoms with E-state index in [-0.39, 0.29) is 6.04 Å². The summed E-state index contributed by atoms with van der Waals surface area (Å²) >= 11 is 0. The highest BCUT2D eigenvalue weighted by Crippen LogP contribution is 2.24. The van der Waals surface area contributed by atoms with Gasteiger partial charge in [0.05, 0.1) is 18.6 Å². The first-order chi connectivity index (χ1) is 10.1. The molecule has 0 spiro atoms. The number of hydrogen-bond donors (Lipinski definition) is 1. The van der Waals surface area contributed by atoms with Gasteiger partial charge in [-0.15, -0.1) is 0 Å². The van der Waals surface area contributed by atoms with Crippen molar-refractivity contribution >= 4 is 10.0 Å². The maximum Gasteiger partial charge on any atom is 0.243 e. The van der Waals surface area contributed by atoms with Gasteiger partial charge in [0.1, 0.15) is 5.75 Å². The summed E-state index contributed by atoms with van der Waals surface area (Å²) in [4.78, 5) is 0.311. The summed E-state index contributed by atoms with van der Waals surface area (Å²) in [5.74, 6) is 0.651. The van der Waals surface area contributed by atoms with E-state index in [4.69, 9.17) is 9.47 Å². The zero-order chi connectivity index (χ0) is 14.9. The Morgan fingerprint density at radius 1 is 1.24 bits per heavy atom. The smallest absolute Gasteiger partial charge is 0.243 e. The largest absolute Gasteiger partial charge is 0.497 e. The van der Waals surface area contributed by atoms with Crippen molar-refractivity contribution in [2.45, 2.75) is 23.4 Å². The average Bonchev–Trinajstić information content (AvgIpc) is 2.95. The molecule has 0 radical (unpaired) electrons. The third-order valence-electron chi connectivity index (χ3n) is 3.95. The fourth-order valence-corrected chi connectivity index (χ4v) is 4.17. The molecule has 2 fully saturated rings. The van der Waals surface area contributed by atoms with Crippen LogP contribution in [0.2, 0.25) is 0 Å². The molecule has 0 saturated carbocycles. The van der Waals surface area contributed by atoms with Gasteiger partial charge in [0.25, 0.3) is 0 Å². The molecule has 21 heavy (non-hydrogen) atoms. The zero-order valence-corrected chi connectivity index (χ0v) is 12.8. The lowest BCUT2D eigenvalue weighted by Crippen LogP contribution is -2.61. The van der Waals surface area contributed by atoms with E-state index in [2.05, 4.69) is 5.32 Å². The lowest BCUT2D eigenvalue weighted by molar-refractivity contribution is 0.172. The summed E-state index contributed by atoms with van der Waals surface area (Å²) in [7, 11) is -1.83. The van der Waals surface area contributed by atoms with Crippen LogP contribution in [-0.4, -0.2) is 58.2 Å². The first kappa shape index (κ1) is 14.8. The van der Waals surface area contributed by atoms with E-state index in [1.165, 1.54) is 4.31 Å². The minimum absolute atomic E-state index is 0.227. The minimum Gasteiger partial charge on any atom is -0.497 e. The van der Waals surface area contributed by atoms with E-state index in [1.54, 1.807) is 31.4 Å². The molecule has 2 saturated heterocycles. The molecule has 2 aliphatic heterocycles. The van der Waals surface area contributed by atoms with Gasteiger partial charge in [-0.2, -0.15) is 4.31 Å².